The molecule has 0 fully saturated rings. The Labute approximate surface area is 90.3 Å². The number of phenols is 1. The molecule has 1 aromatic rings. The molecule has 0 saturated carbocycles. The minimum absolute atomic E-state index is 0.198. The second kappa shape index (κ2) is 5.14. The van der Waals surface area contributed by atoms with E-state index in [1.165, 1.54) is 0 Å². The smallest absolute Gasteiger partial charge is 0.115 e. The topological polar surface area (TPSA) is 49.7 Å². The van der Waals surface area contributed by atoms with Crippen LogP contribution in [-0.4, -0.2) is 23.4 Å². The highest BCUT2D eigenvalue weighted by Gasteiger charge is 2.22. The van der Waals surface area contributed by atoms with E-state index in [-0.39, 0.29) is 12.4 Å². The van der Waals surface area contributed by atoms with Gasteiger partial charge in [-0.05, 0) is 31.0 Å². The molecule has 0 saturated heterocycles. The fourth-order valence-electron chi connectivity index (χ4n) is 1.32. The molecule has 0 radical (unpaired) electrons. The number of phenolic OH excluding ortho intramolecular Hbond substituents is 1. The van der Waals surface area contributed by atoms with Crippen molar-refractivity contribution in [3.8, 4) is 5.75 Å². The Hall–Kier alpha value is -1.06. The number of benzene rings is 1. The van der Waals surface area contributed by atoms with Gasteiger partial charge in [-0.3, -0.25) is 0 Å². The molecule has 1 rings (SSSR count). The Bertz CT molecular complexity index is 290. The molecule has 0 spiro atoms. The molecule has 0 bridgehead atoms. The van der Waals surface area contributed by atoms with Gasteiger partial charge in [-0.1, -0.05) is 19.1 Å². The molecule has 84 valence electrons. The third kappa shape index (κ3) is 3.53. The van der Waals surface area contributed by atoms with Gasteiger partial charge < -0.3 is 14.9 Å². The first-order chi connectivity index (χ1) is 7.06. The minimum atomic E-state index is -0.997. The Morgan fingerprint density at radius 2 is 1.87 bits per heavy atom. The van der Waals surface area contributed by atoms with Crippen LogP contribution >= 0.6 is 0 Å². The van der Waals surface area contributed by atoms with E-state index in [0.29, 0.717) is 6.61 Å². The number of ether oxygens (including phenoxy) is 1. The minimum Gasteiger partial charge on any atom is -0.508 e. The molecule has 1 atom stereocenters. The molecule has 15 heavy (non-hydrogen) atoms. The van der Waals surface area contributed by atoms with Crippen LogP contribution < -0.4 is 0 Å². The summed E-state index contributed by atoms with van der Waals surface area (Å²) in [4.78, 5) is 0. The zero-order valence-electron chi connectivity index (χ0n) is 9.23. The summed E-state index contributed by atoms with van der Waals surface area (Å²) in [5.41, 5.74) is -0.250. The number of hydrogen-bond donors (Lipinski definition) is 2. The van der Waals surface area contributed by atoms with Crippen LogP contribution in [0.1, 0.15) is 25.8 Å². The molecule has 0 aliphatic heterocycles. The first-order valence-corrected chi connectivity index (χ1v) is 5.16. The van der Waals surface area contributed by atoms with Gasteiger partial charge in [0.05, 0.1) is 6.61 Å². The summed E-state index contributed by atoms with van der Waals surface area (Å²) in [5.74, 6) is 0.198. The molecule has 0 amide bonds. The molecule has 2 N–H and O–H groups in total. The Kier molecular flexibility index (Phi) is 4.12. The van der Waals surface area contributed by atoms with Gasteiger partial charge in [0.1, 0.15) is 11.4 Å². The maximum absolute atomic E-state index is 10.1. The number of rotatable bonds is 5. The highest BCUT2D eigenvalue weighted by Crippen LogP contribution is 2.22. The van der Waals surface area contributed by atoms with E-state index >= 15 is 0 Å². The van der Waals surface area contributed by atoms with E-state index in [9.17, 15) is 5.11 Å². The van der Waals surface area contributed by atoms with Crippen LogP contribution in [0.4, 0.5) is 0 Å². The van der Waals surface area contributed by atoms with Crippen LogP contribution in [0, 0.1) is 0 Å². The van der Waals surface area contributed by atoms with Gasteiger partial charge in [-0.15, -0.1) is 0 Å². The Morgan fingerprint density at radius 1 is 1.27 bits per heavy atom. The SMILES string of the molecule is CCCOCC(C)(O)c1ccc(O)cc1. The van der Waals surface area contributed by atoms with E-state index in [4.69, 9.17) is 9.84 Å². The highest BCUT2D eigenvalue weighted by molar-refractivity contribution is 5.29. The first-order valence-electron chi connectivity index (χ1n) is 5.16. The quantitative estimate of drug-likeness (QED) is 0.731. The van der Waals surface area contributed by atoms with Crippen molar-refractivity contribution >= 4 is 0 Å². The molecule has 3 heteroatoms. The van der Waals surface area contributed by atoms with Crippen LogP contribution in [0.2, 0.25) is 0 Å². The second-order valence-corrected chi connectivity index (χ2v) is 3.87. The number of hydrogen-bond acceptors (Lipinski definition) is 3. The van der Waals surface area contributed by atoms with Gasteiger partial charge in [0.15, 0.2) is 0 Å². The molecule has 0 aromatic heterocycles. The monoisotopic (exact) mass is 210 g/mol. The molecule has 0 heterocycles. The molecule has 1 aromatic carbocycles. The third-order valence-corrected chi connectivity index (χ3v) is 2.22. The lowest BCUT2D eigenvalue weighted by Gasteiger charge is -2.23. The average molecular weight is 210 g/mol. The van der Waals surface area contributed by atoms with Crippen LogP contribution in [0.15, 0.2) is 24.3 Å². The van der Waals surface area contributed by atoms with Crippen molar-refractivity contribution in [2.45, 2.75) is 25.9 Å². The van der Waals surface area contributed by atoms with Crippen molar-refractivity contribution in [3.05, 3.63) is 29.8 Å². The summed E-state index contributed by atoms with van der Waals surface area (Å²) in [5, 5.41) is 19.2. The van der Waals surface area contributed by atoms with Gasteiger partial charge in [-0.25, -0.2) is 0 Å². The summed E-state index contributed by atoms with van der Waals surface area (Å²) < 4.78 is 5.32. The predicted molar refractivity (Wildman–Crippen MR) is 58.8 cm³/mol. The number of aliphatic hydroxyl groups is 1. The van der Waals surface area contributed by atoms with Crippen LogP contribution in [-0.2, 0) is 10.3 Å². The summed E-state index contributed by atoms with van der Waals surface area (Å²) in [7, 11) is 0. The van der Waals surface area contributed by atoms with E-state index in [2.05, 4.69) is 0 Å². The summed E-state index contributed by atoms with van der Waals surface area (Å²) in [6, 6.07) is 6.52. The van der Waals surface area contributed by atoms with Gasteiger partial charge >= 0.3 is 0 Å². The lowest BCUT2D eigenvalue weighted by atomic mass is 9.97. The van der Waals surface area contributed by atoms with E-state index < -0.39 is 5.60 Å². The van der Waals surface area contributed by atoms with E-state index in [1.807, 2.05) is 6.92 Å². The summed E-state index contributed by atoms with van der Waals surface area (Å²) in [6.45, 7) is 4.64. The normalized spacial score (nSPS) is 14.9. The predicted octanol–water partition coefficient (Wildman–Crippen LogP) is 2.03. The molecule has 0 aliphatic carbocycles. The zero-order chi connectivity index (χ0) is 11.3. The average Bonchev–Trinajstić information content (AvgIpc) is 2.18. The lowest BCUT2D eigenvalue weighted by molar-refractivity contribution is -0.0375. The fraction of sp³-hybridized carbons (Fsp3) is 0.500. The lowest BCUT2D eigenvalue weighted by Crippen LogP contribution is -2.27. The van der Waals surface area contributed by atoms with Gasteiger partial charge in [0.25, 0.3) is 0 Å². The summed E-state index contributed by atoms with van der Waals surface area (Å²) >= 11 is 0. The van der Waals surface area contributed by atoms with Crippen LogP contribution in [0.3, 0.4) is 0 Å². The van der Waals surface area contributed by atoms with Gasteiger partial charge in [-0.2, -0.15) is 0 Å². The van der Waals surface area contributed by atoms with Crippen molar-refractivity contribution in [1.82, 2.24) is 0 Å². The molecule has 3 nitrogen and oxygen atoms in total. The zero-order valence-corrected chi connectivity index (χ0v) is 9.23. The van der Waals surface area contributed by atoms with Crippen LogP contribution in [0.25, 0.3) is 0 Å². The molecule has 0 aliphatic rings. The van der Waals surface area contributed by atoms with E-state index in [0.717, 1.165) is 12.0 Å². The third-order valence-electron chi connectivity index (χ3n) is 2.22. The van der Waals surface area contributed by atoms with Crippen molar-refractivity contribution in [2.24, 2.45) is 0 Å². The largest absolute Gasteiger partial charge is 0.508 e. The van der Waals surface area contributed by atoms with Crippen molar-refractivity contribution in [2.75, 3.05) is 13.2 Å². The Balaban J connectivity index is 2.63. The van der Waals surface area contributed by atoms with Crippen LogP contribution in [0.5, 0.6) is 5.75 Å². The van der Waals surface area contributed by atoms with Crippen molar-refractivity contribution in [3.63, 3.8) is 0 Å². The maximum atomic E-state index is 10.1. The Morgan fingerprint density at radius 3 is 2.40 bits per heavy atom. The van der Waals surface area contributed by atoms with E-state index in [1.54, 1.807) is 31.2 Å². The molecular formula is C12H18O3. The standard InChI is InChI=1S/C12H18O3/c1-3-8-15-9-12(2,14)10-4-6-11(13)7-5-10/h4-7,13-14H,3,8-9H2,1-2H3. The first kappa shape index (κ1) is 12.0. The molecular weight excluding hydrogens is 192 g/mol. The number of aromatic hydroxyl groups is 1. The summed E-state index contributed by atoms with van der Waals surface area (Å²) in [6.07, 6.45) is 0.936. The fourth-order valence-corrected chi connectivity index (χ4v) is 1.32. The van der Waals surface area contributed by atoms with Crippen molar-refractivity contribution < 1.29 is 14.9 Å². The second-order valence-electron chi connectivity index (χ2n) is 3.87. The molecule has 1 unspecified atom stereocenters. The van der Waals surface area contributed by atoms with Gasteiger partial charge in [0.2, 0.25) is 0 Å². The maximum Gasteiger partial charge on any atom is 0.115 e. The van der Waals surface area contributed by atoms with Crippen molar-refractivity contribution in [1.29, 1.82) is 0 Å². The highest BCUT2D eigenvalue weighted by atomic mass is 16.5. The van der Waals surface area contributed by atoms with Gasteiger partial charge in [0, 0.05) is 6.61 Å².